The molecule has 13 heteroatoms. The number of aromatic hydroxyl groups is 1. The van der Waals surface area contributed by atoms with Gasteiger partial charge in [0.15, 0.2) is 0 Å². The Balaban J connectivity index is 2.38. The zero-order valence-corrected chi connectivity index (χ0v) is 18.4. The fourth-order valence-electron chi connectivity index (χ4n) is 2.94. The number of hydrogen-bond donors (Lipinski definition) is 8. The number of rotatable bonds is 15. The van der Waals surface area contributed by atoms with Crippen molar-refractivity contribution in [3.8, 4) is 5.75 Å². The maximum atomic E-state index is 12.1. The number of aliphatic carboxylic acids is 3. The summed E-state index contributed by atoms with van der Waals surface area (Å²) >= 11 is 0. The van der Waals surface area contributed by atoms with Crippen LogP contribution in [-0.2, 0) is 25.6 Å². The van der Waals surface area contributed by atoms with E-state index in [4.69, 9.17) is 15.9 Å². The average molecular weight is 482 g/mol. The Bertz CT molecular complexity index is 860. The minimum atomic E-state index is -1.48. The summed E-state index contributed by atoms with van der Waals surface area (Å²) in [6, 6.07) is 1.66. The Labute approximate surface area is 195 Å². The summed E-state index contributed by atoms with van der Waals surface area (Å²) in [5.74, 6) is -4.28. The van der Waals surface area contributed by atoms with Gasteiger partial charge in [0.05, 0.1) is 6.04 Å². The predicted molar refractivity (Wildman–Crippen MR) is 118 cm³/mol. The van der Waals surface area contributed by atoms with Crippen LogP contribution in [0.25, 0.3) is 0 Å². The molecule has 0 saturated carbocycles. The molecule has 0 heterocycles. The lowest BCUT2D eigenvalue weighted by Gasteiger charge is -2.18. The Morgan fingerprint density at radius 3 is 1.94 bits per heavy atom. The molecule has 0 saturated heterocycles. The second-order valence-electron chi connectivity index (χ2n) is 7.60. The number of benzene rings is 1. The summed E-state index contributed by atoms with van der Waals surface area (Å²) in [5, 5.41) is 43.1. The van der Waals surface area contributed by atoms with Gasteiger partial charge < -0.3 is 42.1 Å². The molecule has 0 unspecified atom stereocenters. The van der Waals surface area contributed by atoms with Crippen LogP contribution in [0.15, 0.2) is 24.3 Å². The molecule has 1 aromatic carbocycles. The van der Waals surface area contributed by atoms with Gasteiger partial charge >= 0.3 is 23.9 Å². The van der Waals surface area contributed by atoms with Crippen LogP contribution < -0.4 is 21.7 Å². The highest BCUT2D eigenvalue weighted by atomic mass is 16.4. The first kappa shape index (κ1) is 28.2. The first-order chi connectivity index (χ1) is 16.0. The highest BCUT2D eigenvalue weighted by Gasteiger charge is 2.24. The number of carbonyl (C=O) groups excluding carboxylic acids is 2. The van der Waals surface area contributed by atoms with Crippen molar-refractivity contribution in [2.75, 3.05) is 6.54 Å². The fraction of sp³-hybridized carbons (Fsp3) is 0.476. The molecule has 34 heavy (non-hydrogen) atoms. The topological polar surface area (TPSA) is 228 Å². The zero-order valence-electron chi connectivity index (χ0n) is 18.4. The SMILES string of the molecule is N[C@@H](Cc1ccc(O)cc1)C(=O)NCCCC[C@H](NC(=O)N[C@@H](CCC(=O)O)C(=O)O)C(=O)O. The van der Waals surface area contributed by atoms with Crippen molar-refractivity contribution in [2.45, 2.75) is 56.7 Å². The van der Waals surface area contributed by atoms with Gasteiger partial charge in [0.25, 0.3) is 0 Å². The van der Waals surface area contributed by atoms with Crippen LogP contribution in [-0.4, -0.2) is 74.9 Å². The van der Waals surface area contributed by atoms with Gasteiger partial charge in [-0.25, -0.2) is 14.4 Å². The fourth-order valence-corrected chi connectivity index (χ4v) is 2.94. The second kappa shape index (κ2) is 14.3. The number of urea groups is 1. The number of nitrogens with two attached hydrogens (primary N) is 1. The van der Waals surface area contributed by atoms with Crippen LogP contribution in [0.3, 0.4) is 0 Å². The van der Waals surface area contributed by atoms with Crippen molar-refractivity contribution >= 4 is 29.8 Å². The zero-order chi connectivity index (χ0) is 25.7. The number of nitrogens with one attached hydrogen (secondary N) is 3. The maximum absolute atomic E-state index is 12.1. The van der Waals surface area contributed by atoms with Crippen molar-refractivity contribution in [1.29, 1.82) is 0 Å². The first-order valence-corrected chi connectivity index (χ1v) is 10.5. The smallest absolute Gasteiger partial charge is 0.326 e. The number of amides is 3. The molecule has 0 aromatic heterocycles. The molecular formula is C21H30N4O9. The number of carboxylic acids is 3. The van der Waals surface area contributed by atoms with Gasteiger partial charge in [-0.2, -0.15) is 0 Å². The quantitative estimate of drug-likeness (QED) is 0.151. The van der Waals surface area contributed by atoms with Crippen LogP contribution in [0.5, 0.6) is 5.75 Å². The lowest BCUT2D eigenvalue weighted by atomic mass is 10.1. The summed E-state index contributed by atoms with van der Waals surface area (Å²) in [6.07, 6.45) is 0.183. The molecule has 1 rings (SSSR count). The van der Waals surface area contributed by atoms with E-state index in [0.717, 1.165) is 5.56 Å². The van der Waals surface area contributed by atoms with E-state index in [0.29, 0.717) is 12.8 Å². The molecule has 3 amide bonds. The molecule has 0 spiro atoms. The van der Waals surface area contributed by atoms with Crippen molar-refractivity contribution in [1.82, 2.24) is 16.0 Å². The first-order valence-electron chi connectivity index (χ1n) is 10.5. The molecule has 0 radical (unpaired) electrons. The van der Waals surface area contributed by atoms with Gasteiger partial charge in [0.1, 0.15) is 17.8 Å². The molecule has 0 aliphatic carbocycles. The Kier molecular flexibility index (Phi) is 11.9. The molecule has 9 N–H and O–H groups in total. The largest absolute Gasteiger partial charge is 0.508 e. The van der Waals surface area contributed by atoms with Gasteiger partial charge in [-0.15, -0.1) is 0 Å². The normalized spacial score (nSPS) is 13.2. The van der Waals surface area contributed by atoms with Gasteiger partial charge in [0.2, 0.25) is 5.91 Å². The standard InChI is InChI=1S/C21H30N4O9/c22-14(11-12-4-6-13(26)7-5-12)18(29)23-10-2-1-3-15(19(30)31)24-21(34)25-16(20(32)33)8-9-17(27)28/h4-7,14-16,26H,1-3,8-11,22H2,(H,23,29)(H,27,28)(H,30,31)(H,32,33)(H2,24,25,34)/t14-,15-,16-/m0/s1. The van der Waals surface area contributed by atoms with E-state index in [1.807, 2.05) is 5.32 Å². The summed E-state index contributed by atoms with van der Waals surface area (Å²) in [7, 11) is 0. The molecule has 188 valence electrons. The van der Waals surface area contributed by atoms with Crippen molar-refractivity contribution in [3.63, 3.8) is 0 Å². The summed E-state index contributed by atoms with van der Waals surface area (Å²) in [6.45, 7) is 0.233. The van der Waals surface area contributed by atoms with Crippen LogP contribution in [0, 0.1) is 0 Å². The highest BCUT2D eigenvalue weighted by Crippen LogP contribution is 2.11. The van der Waals surface area contributed by atoms with E-state index < -0.39 is 48.5 Å². The van der Waals surface area contributed by atoms with E-state index in [2.05, 4.69) is 10.6 Å². The van der Waals surface area contributed by atoms with Gasteiger partial charge in [-0.05, 0) is 49.8 Å². The molecule has 0 bridgehead atoms. The van der Waals surface area contributed by atoms with Gasteiger partial charge in [-0.1, -0.05) is 12.1 Å². The Morgan fingerprint density at radius 2 is 1.41 bits per heavy atom. The van der Waals surface area contributed by atoms with E-state index in [1.54, 1.807) is 12.1 Å². The second-order valence-corrected chi connectivity index (χ2v) is 7.60. The minimum Gasteiger partial charge on any atom is -0.508 e. The molecule has 13 nitrogen and oxygen atoms in total. The predicted octanol–water partition coefficient (Wildman–Crippen LogP) is -0.381. The maximum Gasteiger partial charge on any atom is 0.326 e. The lowest BCUT2D eigenvalue weighted by molar-refractivity contribution is -0.140. The minimum absolute atomic E-state index is 0.0189. The third kappa shape index (κ3) is 11.1. The molecule has 3 atom stereocenters. The van der Waals surface area contributed by atoms with Crippen LogP contribution >= 0.6 is 0 Å². The third-order valence-corrected chi connectivity index (χ3v) is 4.80. The lowest BCUT2D eigenvalue weighted by Crippen LogP contribution is -2.51. The van der Waals surface area contributed by atoms with E-state index >= 15 is 0 Å². The number of hydrogen-bond acceptors (Lipinski definition) is 7. The van der Waals surface area contributed by atoms with Crippen molar-refractivity contribution in [3.05, 3.63) is 29.8 Å². The van der Waals surface area contributed by atoms with Crippen molar-refractivity contribution in [2.24, 2.45) is 5.73 Å². The van der Waals surface area contributed by atoms with Crippen LogP contribution in [0.1, 0.15) is 37.7 Å². The average Bonchev–Trinajstić information content (AvgIpc) is 2.76. The molecule has 0 aliphatic heterocycles. The number of unbranched alkanes of at least 4 members (excludes halogenated alkanes) is 1. The third-order valence-electron chi connectivity index (χ3n) is 4.80. The summed E-state index contributed by atoms with van der Waals surface area (Å²) in [5.41, 5.74) is 6.64. The number of phenolic OH excluding ortho intramolecular Hbond substituents is 1. The molecule has 1 aromatic rings. The van der Waals surface area contributed by atoms with Gasteiger partial charge in [0, 0.05) is 13.0 Å². The number of carbonyl (C=O) groups is 5. The Hall–Kier alpha value is -3.87. The van der Waals surface area contributed by atoms with Crippen LogP contribution in [0.2, 0.25) is 0 Å². The molecular weight excluding hydrogens is 452 g/mol. The van der Waals surface area contributed by atoms with E-state index in [9.17, 15) is 34.2 Å². The van der Waals surface area contributed by atoms with Crippen molar-refractivity contribution < 1.29 is 44.4 Å². The number of phenols is 1. The monoisotopic (exact) mass is 482 g/mol. The van der Waals surface area contributed by atoms with Gasteiger partial charge in [-0.3, -0.25) is 9.59 Å². The summed E-state index contributed by atoms with van der Waals surface area (Å²) < 4.78 is 0. The molecule has 0 fully saturated rings. The molecule has 0 aliphatic rings. The van der Waals surface area contributed by atoms with Crippen LogP contribution in [0.4, 0.5) is 4.79 Å². The summed E-state index contributed by atoms with van der Waals surface area (Å²) in [4.78, 5) is 57.1. The highest BCUT2D eigenvalue weighted by molar-refractivity contribution is 5.86. The van der Waals surface area contributed by atoms with E-state index in [1.165, 1.54) is 12.1 Å². The number of carboxylic acid groups (broad SMARTS) is 3. The van der Waals surface area contributed by atoms with E-state index in [-0.39, 0.29) is 37.5 Å². The Morgan fingerprint density at radius 1 is 0.853 bits per heavy atom.